The first-order valence-electron chi connectivity index (χ1n) is 4.57. The Kier molecular flexibility index (Phi) is 4.40. The maximum absolute atomic E-state index is 12.6. The number of hydrogen-bond acceptors (Lipinski definition) is 2. The SMILES string of the molecule is O=C(Cl)c1cc(C(F)(F)F)c(C(F)(F)F)cc1C(=O)Cl. The first-order valence-corrected chi connectivity index (χ1v) is 5.33. The van der Waals surface area contributed by atoms with Gasteiger partial charge in [0, 0.05) is 11.1 Å². The third kappa shape index (κ3) is 3.43. The minimum absolute atomic E-state index is 0.145. The van der Waals surface area contributed by atoms with E-state index < -0.39 is 45.1 Å². The van der Waals surface area contributed by atoms with E-state index in [1.807, 2.05) is 0 Å². The van der Waals surface area contributed by atoms with E-state index in [1.165, 1.54) is 0 Å². The molecule has 20 heavy (non-hydrogen) atoms. The second kappa shape index (κ2) is 5.25. The Morgan fingerprint density at radius 3 is 1.15 bits per heavy atom. The predicted octanol–water partition coefficient (Wildman–Crippen LogP) is 4.48. The van der Waals surface area contributed by atoms with Gasteiger partial charge in [-0.3, -0.25) is 9.59 Å². The summed E-state index contributed by atoms with van der Waals surface area (Å²) in [5.41, 5.74) is -6.36. The monoisotopic (exact) mass is 338 g/mol. The molecule has 0 aliphatic heterocycles. The summed E-state index contributed by atoms with van der Waals surface area (Å²) in [6.07, 6.45) is -10.8. The standard InChI is InChI=1S/C10H2Cl2F6O2/c11-7(19)3-1-5(9(13,14)15)6(10(16,17)18)2-4(3)8(12)20/h1-2H. The maximum Gasteiger partial charge on any atom is 0.417 e. The molecule has 0 heterocycles. The van der Waals surface area contributed by atoms with Gasteiger partial charge in [-0.25, -0.2) is 0 Å². The van der Waals surface area contributed by atoms with E-state index in [1.54, 1.807) is 0 Å². The first kappa shape index (κ1) is 16.8. The zero-order valence-corrected chi connectivity index (χ0v) is 10.5. The molecule has 0 aliphatic rings. The molecule has 10 heteroatoms. The molecule has 1 rings (SSSR count). The molecule has 0 radical (unpaired) electrons. The first-order chi connectivity index (χ1) is 8.85. The van der Waals surface area contributed by atoms with Crippen LogP contribution in [-0.4, -0.2) is 10.5 Å². The molecule has 2 nitrogen and oxygen atoms in total. The van der Waals surface area contributed by atoms with Gasteiger partial charge in [-0.15, -0.1) is 0 Å². The fourth-order valence-corrected chi connectivity index (χ4v) is 1.71. The summed E-state index contributed by atoms with van der Waals surface area (Å²) in [6, 6.07) is -0.290. The summed E-state index contributed by atoms with van der Waals surface area (Å²) < 4.78 is 75.5. The van der Waals surface area contributed by atoms with Crippen LogP contribution in [0.15, 0.2) is 12.1 Å². The summed E-state index contributed by atoms with van der Waals surface area (Å²) in [6.45, 7) is 0. The number of rotatable bonds is 2. The molecule has 0 amide bonds. The summed E-state index contributed by atoms with van der Waals surface area (Å²) in [7, 11) is 0. The third-order valence-electron chi connectivity index (χ3n) is 2.19. The van der Waals surface area contributed by atoms with Gasteiger partial charge in [0.25, 0.3) is 10.5 Å². The van der Waals surface area contributed by atoms with Crippen molar-refractivity contribution in [2.24, 2.45) is 0 Å². The smallest absolute Gasteiger partial charge is 0.276 e. The van der Waals surface area contributed by atoms with Crippen LogP contribution in [0, 0.1) is 0 Å². The van der Waals surface area contributed by atoms with Crippen molar-refractivity contribution in [1.29, 1.82) is 0 Å². The van der Waals surface area contributed by atoms with E-state index in [0.29, 0.717) is 0 Å². The Morgan fingerprint density at radius 2 is 1.00 bits per heavy atom. The highest BCUT2D eigenvalue weighted by Gasteiger charge is 2.44. The van der Waals surface area contributed by atoms with Gasteiger partial charge >= 0.3 is 12.4 Å². The van der Waals surface area contributed by atoms with E-state index in [9.17, 15) is 35.9 Å². The molecular weight excluding hydrogens is 337 g/mol. The summed E-state index contributed by atoms with van der Waals surface area (Å²) in [5.74, 6) is 0. The van der Waals surface area contributed by atoms with Crippen LogP contribution in [-0.2, 0) is 12.4 Å². The largest absolute Gasteiger partial charge is 0.417 e. The van der Waals surface area contributed by atoms with Crippen LogP contribution in [0.1, 0.15) is 31.8 Å². The summed E-state index contributed by atoms with van der Waals surface area (Å²) in [5, 5.41) is -3.07. The lowest BCUT2D eigenvalue weighted by Crippen LogP contribution is -2.19. The van der Waals surface area contributed by atoms with Crippen LogP contribution in [0.25, 0.3) is 0 Å². The van der Waals surface area contributed by atoms with Gasteiger partial charge in [0.2, 0.25) is 0 Å². The highest BCUT2D eigenvalue weighted by molar-refractivity contribution is 6.72. The Bertz CT molecular complexity index is 525. The van der Waals surface area contributed by atoms with Crippen LogP contribution in [0.2, 0.25) is 0 Å². The highest BCUT2D eigenvalue weighted by Crippen LogP contribution is 2.42. The van der Waals surface area contributed by atoms with Crippen molar-refractivity contribution in [3.8, 4) is 0 Å². The van der Waals surface area contributed by atoms with Crippen LogP contribution in [0.3, 0.4) is 0 Å². The normalized spacial score (nSPS) is 12.4. The van der Waals surface area contributed by atoms with Gasteiger partial charge in [0.05, 0.1) is 11.1 Å². The van der Waals surface area contributed by atoms with Crippen molar-refractivity contribution >= 4 is 33.7 Å². The van der Waals surface area contributed by atoms with Gasteiger partial charge in [0.15, 0.2) is 0 Å². The second-order valence-electron chi connectivity index (χ2n) is 3.49. The lowest BCUT2D eigenvalue weighted by molar-refractivity contribution is -0.162. The maximum atomic E-state index is 12.6. The van der Waals surface area contributed by atoms with Gasteiger partial charge in [-0.2, -0.15) is 26.3 Å². The molecule has 0 bridgehead atoms. The number of carbonyl (C=O) groups excluding carboxylic acids is 2. The fourth-order valence-electron chi connectivity index (χ4n) is 1.39. The van der Waals surface area contributed by atoms with Crippen LogP contribution >= 0.6 is 23.2 Å². The average molecular weight is 339 g/mol. The highest BCUT2D eigenvalue weighted by atomic mass is 35.5. The van der Waals surface area contributed by atoms with Crippen molar-refractivity contribution < 1.29 is 35.9 Å². The minimum atomic E-state index is -5.39. The molecule has 0 saturated heterocycles. The summed E-state index contributed by atoms with van der Waals surface area (Å²) >= 11 is 9.89. The molecule has 1 aromatic rings. The van der Waals surface area contributed by atoms with Crippen LogP contribution < -0.4 is 0 Å². The quantitative estimate of drug-likeness (QED) is 0.588. The zero-order chi connectivity index (χ0) is 15.9. The zero-order valence-electron chi connectivity index (χ0n) is 8.99. The lowest BCUT2D eigenvalue weighted by atomic mass is 9.98. The topological polar surface area (TPSA) is 34.1 Å². The molecule has 0 spiro atoms. The van der Waals surface area contributed by atoms with Crippen LogP contribution in [0.5, 0.6) is 0 Å². The Labute approximate surface area is 117 Å². The molecule has 0 aliphatic carbocycles. The second-order valence-corrected chi connectivity index (χ2v) is 4.17. The number of alkyl halides is 6. The summed E-state index contributed by atoms with van der Waals surface area (Å²) in [4.78, 5) is 21.8. The molecule has 1 aromatic carbocycles. The minimum Gasteiger partial charge on any atom is -0.276 e. The number of carbonyl (C=O) groups is 2. The van der Waals surface area contributed by atoms with Gasteiger partial charge in [-0.1, -0.05) is 0 Å². The number of halogens is 8. The van der Waals surface area contributed by atoms with E-state index >= 15 is 0 Å². The van der Waals surface area contributed by atoms with E-state index in [2.05, 4.69) is 0 Å². The van der Waals surface area contributed by atoms with Crippen molar-refractivity contribution in [2.75, 3.05) is 0 Å². The fraction of sp³-hybridized carbons (Fsp3) is 0.200. The number of hydrogen-bond donors (Lipinski definition) is 0. The lowest BCUT2D eigenvalue weighted by Gasteiger charge is -2.17. The molecule has 0 atom stereocenters. The van der Waals surface area contributed by atoms with E-state index in [0.717, 1.165) is 0 Å². The molecule has 0 aromatic heterocycles. The molecule has 110 valence electrons. The molecule has 0 fully saturated rings. The van der Waals surface area contributed by atoms with E-state index in [-0.39, 0.29) is 12.1 Å². The molecule has 0 unspecified atom stereocenters. The Balaban J connectivity index is 3.80. The van der Waals surface area contributed by atoms with Gasteiger partial charge in [0.1, 0.15) is 0 Å². The van der Waals surface area contributed by atoms with E-state index in [4.69, 9.17) is 23.2 Å². The molecule has 0 saturated carbocycles. The molecular formula is C10H2Cl2F6O2. The third-order valence-corrected chi connectivity index (χ3v) is 2.60. The van der Waals surface area contributed by atoms with Crippen molar-refractivity contribution in [3.63, 3.8) is 0 Å². The van der Waals surface area contributed by atoms with Crippen molar-refractivity contribution in [1.82, 2.24) is 0 Å². The number of benzene rings is 1. The van der Waals surface area contributed by atoms with Crippen LogP contribution in [0.4, 0.5) is 26.3 Å². The predicted molar refractivity (Wildman–Crippen MR) is 56.8 cm³/mol. The van der Waals surface area contributed by atoms with Crippen molar-refractivity contribution in [2.45, 2.75) is 12.4 Å². The Morgan fingerprint density at radius 1 is 0.750 bits per heavy atom. The van der Waals surface area contributed by atoms with Crippen molar-refractivity contribution in [3.05, 3.63) is 34.4 Å². The van der Waals surface area contributed by atoms with Gasteiger partial charge in [-0.05, 0) is 35.3 Å². The average Bonchev–Trinajstić information content (AvgIpc) is 2.24. The Hall–Kier alpha value is -1.28. The molecule has 0 N–H and O–H groups in total. The van der Waals surface area contributed by atoms with Gasteiger partial charge < -0.3 is 0 Å².